The highest BCUT2D eigenvalue weighted by molar-refractivity contribution is 5.77. The van der Waals surface area contributed by atoms with E-state index in [9.17, 15) is 4.79 Å². The minimum atomic E-state index is 0.0284. The number of carbonyl (C=O) groups excluding carboxylic acids is 1. The Balaban J connectivity index is 1.90. The smallest absolute Gasteiger partial charge is 0.228 e. The molecule has 0 bridgehead atoms. The number of amides is 1. The largest absolute Gasteiger partial charge is 0.347 e. The number of likely N-dealkylation sites (N-methyl/N-ethyl adjacent to an activating group) is 1. The zero-order valence-corrected chi connectivity index (χ0v) is 8.97. The number of aromatic amines is 2. The fraction of sp³-hybridized carbons (Fsp3) is 0.300. The van der Waals surface area contributed by atoms with Gasteiger partial charge in [-0.3, -0.25) is 9.89 Å². The Hall–Kier alpha value is -2.11. The SMILES string of the molecule is CN(Cc1ncc[nH]1)C(=O)Cc1ccn[nH]1. The van der Waals surface area contributed by atoms with Gasteiger partial charge in [0.15, 0.2) is 0 Å². The van der Waals surface area contributed by atoms with E-state index >= 15 is 0 Å². The highest BCUT2D eigenvalue weighted by atomic mass is 16.2. The van der Waals surface area contributed by atoms with Crippen molar-refractivity contribution >= 4 is 5.91 Å². The topological polar surface area (TPSA) is 77.7 Å². The average Bonchev–Trinajstić information content (AvgIpc) is 2.90. The van der Waals surface area contributed by atoms with E-state index in [2.05, 4.69) is 20.2 Å². The van der Waals surface area contributed by atoms with Crippen molar-refractivity contribution in [1.82, 2.24) is 25.1 Å². The molecular weight excluding hydrogens is 206 g/mol. The summed E-state index contributed by atoms with van der Waals surface area (Å²) >= 11 is 0. The standard InChI is InChI=1S/C10H13N5O/c1-15(7-9-11-4-5-12-9)10(16)6-8-2-3-13-14-8/h2-5H,6-7H2,1H3,(H,11,12)(H,13,14). The molecule has 0 radical (unpaired) electrons. The highest BCUT2D eigenvalue weighted by Gasteiger charge is 2.11. The van der Waals surface area contributed by atoms with Gasteiger partial charge in [-0.15, -0.1) is 0 Å². The molecule has 0 saturated carbocycles. The summed E-state index contributed by atoms with van der Waals surface area (Å²) in [5, 5.41) is 6.56. The van der Waals surface area contributed by atoms with Gasteiger partial charge < -0.3 is 9.88 Å². The van der Waals surface area contributed by atoms with Crippen molar-refractivity contribution in [2.45, 2.75) is 13.0 Å². The molecule has 6 heteroatoms. The summed E-state index contributed by atoms with van der Waals surface area (Å²) in [6, 6.07) is 1.79. The van der Waals surface area contributed by atoms with Crippen LogP contribution in [0, 0.1) is 0 Å². The van der Waals surface area contributed by atoms with Crippen LogP contribution in [0.25, 0.3) is 0 Å². The molecule has 0 fully saturated rings. The fourth-order valence-corrected chi connectivity index (χ4v) is 1.38. The summed E-state index contributed by atoms with van der Waals surface area (Å²) in [5.41, 5.74) is 0.816. The van der Waals surface area contributed by atoms with E-state index in [1.54, 1.807) is 36.6 Å². The lowest BCUT2D eigenvalue weighted by Gasteiger charge is -2.14. The number of imidazole rings is 1. The molecule has 2 heterocycles. The van der Waals surface area contributed by atoms with Crippen LogP contribution in [0.3, 0.4) is 0 Å². The molecule has 0 aliphatic heterocycles. The zero-order valence-electron chi connectivity index (χ0n) is 8.97. The van der Waals surface area contributed by atoms with E-state index < -0.39 is 0 Å². The third kappa shape index (κ3) is 2.47. The van der Waals surface area contributed by atoms with E-state index in [-0.39, 0.29) is 5.91 Å². The molecule has 0 saturated heterocycles. The molecule has 2 N–H and O–H groups in total. The summed E-state index contributed by atoms with van der Waals surface area (Å²) in [7, 11) is 1.75. The van der Waals surface area contributed by atoms with Crippen molar-refractivity contribution in [3.05, 3.63) is 36.2 Å². The van der Waals surface area contributed by atoms with Crippen LogP contribution in [-0.4, -0.2) is 38.0 Å². The second-order valence-electron chi connectivity index (χ2n) is 3.54. The summed E-state index contributed by atoms with van der Waals surface area (Å²) in [6.07, 6.45) is 5.37. The maximum absolute atomic E-state index is 11.8. The van der Waals surface area contributed by atoms with Gasteiger partial charge in [-0.05, 0) is 6.07 Å². The van der Waals surface area contributed by atoms with Crippen LogP contribution in [0.15, 0.2) is 24.7 Å². The first-order valence-electron chi connectivity index (χ1n) is 4.96. The van der Waals surface area contributed by atoms with Crippen molar-refractivity contribution in [2.75, 3.05) is 7.05 Å². The fourth-order valence-electron chi connectivity index (χ4n) is 1.38. The quantitative estimate of drug-likeness (QED) is 0.778. The second-order valence-corrected chi connectivity index (χ2v) is 3.54. The first-order valence-corrected chi connectivity index (χ1v) is 4.96. The lowest BCUT2D eigenvalue weighted by molar-refractivity contribution is -0.129. The third-order valence-electron chi connectivity index (χ3n) is 2.27. The van der Waals surface area contributed by atoms with E-state index in [4.69, 9.17) is 0 Å². The van der Waals surface area contributed by atoms with Crippen molar-refractivity contribution in [3.63, 3.8) is 0 Å². The molecule has 0 aliphatic rings. The van der Waals surface area contributed by atoms with Crippen molar-refractivity contribution in [1.29, 1.82) is 0 Å². The Morgan fingerprint density at radius 3 is 3.00 bits per heavy atom. The Morgan fingerprint density at radius 2 is 2.38 bits per heavy atom. The van der Waals surface area contributed by atoms with Crippen LogP contribution < -0.4 is 0 Å². The van der Waals surface area contributed by atoms with Crippen LogP contribution in [-0.2, 0) is 17.8 Å². The van der Waals surface area contributed by atoms with Gasteiger partial charge in [0.05, 0.1) is 13.0 Å². The third-order valence-corrected chi connectivity index (χ3v) is 2.27. The van der Waals surface area contributed by atoms with Crippen LogP contribution in [0.5, 0.6) is 0 Å². The van der Waals surface area contributed by atoms with Crippen molar-refractivity contribution in [2.24, 2.45) is 0 Å². The molecular formula is C10H13N5O. The maximum Gasteiger partial charge on any atom is 0.228 e. The molecule has 2 aromatic heterocycles. The van der Waals surface area contributed by atoms with Gasteiger partial charge in [0.2, 0.25) is 5.91 Å². The molecule has 84 valence electrons. The van der Waals surface area contributed by atoms with Gasteiger partial charge in [0.1, 0.15) is 5.82 Å². The number of hydrogen-bond acceptors (Lipinski definition) is 3. The molecule has 0 aliphatic carbocycles. The highest BCUT2D eigenvalue weighted by Crippen LogP contribution is 2.00. The number of carbonyl (C=O) groups is 1. The maximum atomic E-state index is 11.8. The predicted molar refractivity (Wildman–Crippen MR) is 57.4 cm³/mol. The van der Waals surface area contributed by atoms with Crippen LogP contribution >= 0.6 is 0 Å². The number of rotatable bonds is 4. The molecule has 16 heavy (non-hydrogen) atoms. The lowest BCUT2D eigenvalue weighted by Crippen LogP contribution is -2.28. The normalized spacial score (nSPS) is 10.3. The van der Waals surface area contributed by atoms with E-state index in [0.29, 0.717) is 13.0 Å². The minimum absolute atomic E-state index is 0.0284. The van der Waals surface area contributed by atoms with Crippen LogP contribution in [0.4, 0.5) is 0 Å². The first-order chi connectivity index (χ1) is 7.75. The first kappa shape index (κ1) is 10.4. The lowest BCUT2D eigenvalue weighted by atomic mass is 10.3. The molecule has 2 aromatic rings. The van der Waals surface area contributed by atoms with Crippen LogP contribution in [0.2, 0.25) is 0 Å². The molecule has 0 unspecified atom stereocenters. The van der Waals surface area contributed by atoms with E-state index in [0.717, 1.165) is 11.5 Å². The van der Waals surface area contributed by atoms with Crippen molar-refractivity contribution < 1.29 is 4.79 Å². The second kappa shape index (κ2) is 4.61. The number of nitrogens with zero attached hydrogens (tertiary/aromatic N) is 3. The van der Waals surface area contributed by atoms with Gasteiger partial charge in [-0.1, -0.05) is 0 Å². The van der Waals surface area contributed by atoms with E-state index in [1.807, 2.05) is 0 Å². The van der Waals surface area contributed by atoms with Crippen molar-refractivity contribution in [3.8, 4) is 0 Å². The minimum Gasteiger partial charge on any atom is -0.347 e. The van der Waals surface area contributed by atoms with Gasteiger partial charge >= 0.3 is 0 Å². The summed E-state index contributed by atoms with van der Waals surface area (Å²) in [5.74, 6) is 0.807. The Kier molecular flexibility index (Phi) is 3.00. The molecule has 6 nitrogen and oxygen atoms in total. The zero-order chi connectivity index (χ0) is 11.4. The molecule has 0 atom stereocenters. The number of nitrogens with one attached hydrogen (secondary N) is 2. The van der Waals surface area contributed by atoms with E-state index in [1.165, 1.54) is 0 Å². The predicted octanol–water partition coefficient (Wildman–Crippen LogP) is 0.334. The van der Waals surface area contributed by atoms with Gasteiger partial charge in [-0.25, -0.2) is 4.98 Å². The average molecular weight is 219 g/mol. The summed E-state index contributed by atoms with van der Waals surface area (Å²) in [4.78, 5) is 20.4. The molecule has 0 aromatic carbocycles. The summed E-state index contributed by atoms with van der Waals surface area (Å²) in [6.45, 7) is 0.486. The Morgan fingerprint density at radius 1 is 1.50 bits per heavy atom. The molecule has 0 spiro atoms. The Bertz CT molecular complexity index is 434. The summed E-state index contributed by atoms with van der Waals surface area (Å²) < 4.78 is 0. The Labute approximate surface area is 92.7 Å². The van der Waals surface area contributed by atoms with Gasteiger partial charge in [0, 0.05) is 31.3 Å². The van der Waals surface area contributed by atoms with Gasteiger partial charge in [0.25, 0.3) is 0 Å². The molecule has 1 amide bonds. The number of aromatic nitrogens is 4. The number of hydrogen-bond donors (Lipinski definition) is 2. The van der Waals surface area contributed by atoms with Gasteiger partial charge in [-0.2, -0.15) is 5.10 Å². The van der Waals surface area contributed by atoms with Crippen LogP contribution in [0.1, 0.15) is 11.5 Å². The molecule has 2 rings (SSSR count). The number of H-pyrrole nitrogens is 2. The monoisotopic (exact) mass is 219 g/mol.